The zero-order chi connectivity index (χ0) is 20.6. The van der Waals surface area contributed by atoms with E-state index in [9.17, 15) is 18.0 Å². The second-order valence-corrected chi connectivity index (χ2v) is 10.1. The number of hydrogen-bond donors (Lipinski definition) is 0. The van der Waals surface area contributed by atoms with Crippen molar-refractivity contribution in [3.63, 3.8) is 0 Å². The molecule has 3 rings (SSSR count). The van der Waals surface area contributed by atoms with Crippen molar-refractivity contribution >= 4 is 37.8 Å². The molecule has 0 heterocycles. The van der Waals surface area contributed by atoms with Crippen LogP contribution in [0.5, 0.6) is 0 Å². The number of carbonyl (C=O) groups is 1. The van der Waals surface area contributed by atoms with Crippen molar-refractivity contribution in [1.82, 2.24) is 0 Å². The van der Waals surface area contributed by atoms with Crippen molar-refractivity contribution in [2.75, 3.05) is 0 Å². The van der Waals surface area contributed by atoms with Gasteiger partial charge in [0.2, 0.25) is 0 Å². The van der Waals surface area contributed by atoms with Crippen LogP contribution < -0.4 is 0 Å². The van der Waals surface area contributed by atoms with Gasteiger partial charge in [0.05, 0.1) is 9.31 Å². The van der Waals surface area contributed by atoms with Crippen molar-refractivity contribution in [2.24, 2.45) is 17.3 Å². The Morgan fingerprint density at radius 1 is 1.14 bits per heavy atom. The Morgan fingerprint density at radius 2 is 1.86 bits per heavy atom. The molecule has 7 heteroatoms. The average Bonchev–Trinajstić information content (AvgIpc) is 3.15. The van der Waals surface area contributed by atoms with E-state index in [1.165, 1.54) is 18.2 Å². The molecule has 1 fully saturated rings. The van der Waals surface area contributed by atoms with Gasteiger partial charge in [-0.1, -0.05) is 44.2 Å². The van der Waals surface area contributed by atoms with Crippen molar-refractivity contribution in [1.29, 1.82) is 0 Å². The van der Waals surface area contributed by atoms with E-state index in [-0.39, 0.29) is 40.5 Å². The lowest BCUT2D eigenvalue weighted by Gasteiger charge is -2.10. The van der Waals surface area contributed by atoms with Gasteiger partial charge in [-0.3, -0.25) is 4.79 Å². The molecular weight excluding hydrogens is 501 g/mol. The Kier molecular flexibility index (Phi) is 6.05. The summed E-state index contributed by atoms with van der Waals surface area (Å²) in [6, 6.07) is 7.72. The van der Waals surface area contributed by atoms with E-state index in [0.29, 0.717) is 0 Å². The van der Waals surface area contributed by atoms with Crippen molar-refractivity contribution in [3.05, 3.63) is 68.9 Å². The molecule has 2 aromatic carbocycles. The SMILES string of the molecule is CC1(C)[C@H](C(=O)OCc2cccc(-c3ccc(F)c(F)c3)c2F)[C@@H]1C=C(Br)Br. The van der Waals surface area contributed by atoms with Gasteiger partial charge in [-0.15, -0.1) is 0 Å². The van der Waals surface area contributed by atoms with Gasteiger partial charge in [0.1, 0.15) is 12.4 Å². The number of allylic oxidation sites excluding steroid dienone is 1. The normalized spacial score (nSPS) is 19.8. The van der Waals surface area contributed by atoms with Crippen molar-refractivity contribution in [2.45, 2.75) is 20.5 Å². The fraction of sp³-hybridized carbons (Fsp3) is 0.286. The average molecular weight is 518 g/mol. The molecule has 0 aromatic heterocycles. The largest absolute Gasteiger partial charge is 0.460 e. The molecule has 1 aliphatic carbocycles. The van der Waals surface area contributed by atoms with Crippen LogP contribution in [0.3, 0.4) is 0 Å². The molecule has 1 saturated carbocycles. The van der Waals surface area contributed by atoms with Gasteiger partial charge in [0, 0.05) is 11.1 Å². The Hall–Kier alpha value is -1.60. The maximum atomic E-state index is 14.8. The van der Waals surface area contributed by atoms with Crippen LogP contribution in [-0.4, -0.2) is 5.97 Å². The second kappa shape index (κ2) is 8.03. The third-order valence-corrected chi connectivity index (χ3v) is 5.68. The summed E-state index contributed by atoms with van der Waals surface area (Å²) in [6.45, 7) is 3.70. The Bertz CT molecular complexity index is 953. The van der Waals surface area contributed by atoms with Crippen LogP contribution in [0.2, 0.25) is 0 Å². The summed E-state index contributed by atoms with van der Waals surface area (Å²) in [4.78, 5) is 12.4. The van der Waals surface area contributed by atoms with Crippen LogP contribution in [0.15, 0.2) is 45.9 Å². The number of benzene rings is 2. The third-order valence-electron chi connectivity index (χ3n) is 5.15. The molecule has 28 heavy (non-hydrogen) atoms. The third kappa shape index (κ3) is 4.20. The van der Waals surface area contributed by atoms with E-state index < -0.39 is 23.4 Å². The molecule has 0 bridgehead atoms. The number of halogens is 5. The number of esters is 1. The summed E-state index contributed by atoms with van der Waals surface area (Å²) in [5.41, 5.74) is 0.252. The zero-order valence-electron chi connectivity index (χ0n) is 15.1. The summed E-state index contributed by atoms with van der Waals surface area (Å²) in [5, 5.41) is 0. The fourth-order valence-corrected chi connectivity index (χ4v) is 3.96. The van der Waals surface area contributed by atoms with Gasteiger partial charge in [-0.05, 0) is 60.9 Å². The minimum atomic E-state index is -1.05. The zero-order valence-corrected chi connectivity index (χ0v) is 18.3. The molecule has 0 spiro atoms. The second-order valence-electron chi connectivity index (χ2n) is 7.30. The summed E-state index contributed by atoms with van der Waals surface area (Å²) < 4.78 is 47.5. The first kappa shape index (κ1) is 21.1. The van der Waals surface area contributed by atoms with Crippen LogP contribution in [0.4, 0.5) is 13.2 Å². The van der Waals surface area contributed by atoms with Gasteiger partial charge in [-0.25, -0.2) is 13.2 Å². The van der Waals surface area contributed by atoms with E-state index in [4.69, 9.17) is 4.74 Å². The van der Waals surface area contributed by atoms with Crippen LogP contribution in [0, 0.1) is 34.7 Å². The van der Waals surface area contributed by atoms with E-state index in [0.717, 1.165) is 15.5 Å². The highest BCUT2D eigenvalue weighted by Crippen LogP contribution is 2.60. The molecule has 2 aromatic rings. The number of carbonyl (C=O) groups excluding carboxylic acids is 1. The molecule has 1 aliphatic rings. The minimum absolute atomic E-state index is 0.0205. The number of ether oxygens (including phenoxy) is 1. The number of rotatable bonds is 5. The van der Waals surface area contributed by atoms with Crippen LogP contribution >= 0.6 is 31.9 Å². The first-order chi connectivity index (χ1) is 13.1. The summed E-state index contributed by atoms with van der Waals surface area (Å²) in [7, 11) is 0. The van der Waals surface area contributed by atoms with E-state index in [2.05, 4.69) is 31.9 Å². The fourth-order valence-electron chi connectivity index (χ4n) is 3.39. The smallest absolute Gasteiger partial charge is 0.310 e. The van der Waals surface area contributed by atoms with E-state index >= 15 is 0 Å². The van der Waals surface area contributed by atoms with Gasteiger partial charge >= 0.3 is 5.97 Å². The maximum absolute atomic E-state index is 14.8. The van der Waals surface area contributed by atoms with Crippen molar-refractivity contribution in [3.8, 4) is 11.1 Å². The highest BCUT2D eigenvalue weighted by molar-refractivity contribution is 9.28. The van der Waals surface area contributed by atoms with Crippen molar-refractivity contribution < 1.29 is 22.7 Å². The molecular formula is C21H17Br2F3O2. The Balaban J connectivity index is 1.75. The molecule has 2 nitrogen and oxygen atoms in total. The molecule has 0 radical (unpaired) electrons. The maximum Gasteiger partial charge on any atom is 0.310 e. The van der Waals surface area contributed by atoms with Gasteiger partial charge in [0.15, 0.2) is 11.6 Å². The summed E-state index contributed by atoms with van der Waals surface area (Å²) >= 11 is 6.59. The molecule has 148 valence electrons. The predicted molar refractivity (Wildman–Crippen MR) is 108 cm³/mol. The Labute approximate surface area is 178 Å². The quantitative estimate of drug-likeness (QED) is 0.411. The van der Waals surface area contributed by atoms with Crippen LogP contribution in [-0.2, 0) is 16.1 Å². The van der Waals surface area contributed by atoms with E-state index in [1.54, 1.807) is 6.07 Å². The molecule has 2 atom stereocenters. The highest BCUT2D eigenvalue weighted by Gasteiger charge is 2.61. The monoisotopic (exact) mass is 516 g/mol. The van der Waals surface area contributed by atoms with Crippen LogP contribution in [0.25, 0.3) is 11.1 Å². The van der Waals surface area contributed by atoms with Gasteiger partial charge in [0.25, 0.3) is 0 Å². The predicted octanol–water partition coefficient (Wildman–Crippen LogP) is 6.72. The topological polar surface area (TPSA) is 26.3 Å². The number of hydrogen-bond acceptors (Lipinski definition) is 2. The van der Waals surface area contributed by atoms with Crippen LogP contribution in [0.1, 0.15) is 19.4 Å². The minimum Gasteiger partial charge on any atom is -0.460 e. The lowest BCUT2D eigenvalue weighted by Crippen LogP contribution is -2.11. The van der Waals surface area contributed by atoms with Gasteiger partial charge < -0.3 is 4.74 Å². The van der Waals surface area contributed by atoms with E-state index in [1.807, 2.05) is 19.9 Å². The highest BCUT2D eigenvalue weighted by atomic mass is 79.9. The lowest BCUT2D eigenvalue weighted by atomic mass is 10.0. The molecule has 0 amide bonds. The molecule has 0 saturated heterocycles. The molecule has 0 N–H and O–H groups in total. The first-order valence-electron chi connectivity index (χ1n) is 8.55. The standard InChI is InChI=1S/C21H17Br2F3O2/c1-21(2)14(9-17(22)23)18(21)20(27)28-10-12-4-3-5-13(19(12)26)11-6-7-15(24)16(25)8-11/h3-9,14,18H,10H2,1-2H3/t14-,18-/m0/s1. The summed E-state index contributed by atoms with van der Waals surface area (Å²) in [6.07, 6.45) is 1.90. The molecule has 0 aliphatic heterocycles. The molecule has 0 unspecified atom stereocenters. The first-order valence-corrected chi connectivity index (χ1v) is 10.1. The lowest BCUT2D eigenvalue weighted by molar-refractivity contribution is -0.147. The Morgan fingerprint density at radius 3 is 2.50 bits per heavy atom. The van der Waals surface area contributed by atoms with Gasteiger partial charge in [-0.2, -0.15) is 0 Å². The summed E-state index contributed by atoms with van der Waals surface area (Å²) in [5.74, 6) is -3.37.